The van der Waals surface area contributed by atoms with Crippen molar-refractivity contribution in [2.75, 3.05) is 67.5 Å². The topological polar surface area (TPSA) is 196 Å². The number of amides is 2. The quantitative estimate of drug-likeness (QED) is 0.0889. The van der Waals surface area contributed by atoms with Gasteiger partial charge in [0.2, 0.25) is 17.8 Å². The molecule has 9 rings (SSSR count). The number of hydrogen-bond acceptors (Lipinski definition) is 12. The van der Waals surface area contributed by atoms with E-state index in [0.29, 0.717) is 93.9 Å². The number of carbonyl (C=O) groups excluding carboxylic acids is 2. The zero-order valence-electron chi connectivity index (χ0n) is 37.4. The van der Waals surface area contributed by atoms with Gasteiger partial charge in [0.1, 0.15) is 23.1 Å². The highest BCUT2D eigenvalue weighted by atomic mass is 16.3. The number of phenolic OH excluding ortho intramolecular Hbond substituents is 3. The second-order valence-electron chi connectivity index (χ2n) is 17.8. The number of phenols is 3. The van der Waals surface area contributed by atoms with Gasteiger partial charge >= 0.3 is 5.69 Å². The number of aromatic amines is 1. The number of rotatable bonds is 12. The summed E-state index contributed by atoms with van der Waals surface area (Å²) < 4.78 is 1.42. The maximum absolute atomic E-state index is 13.5. The third-order valence-electron chi connectivity index (χ3n) is 13.3. The van der Waals surface area contributed by atoms with Gasteiger partial charge in [0.05, 0.1) is 23.5 Å². The van der Waals surface area contributed by atoms with Crippen LogP contribution in [-0.4, -0.2) is 114 Å². The summed E-state index contributed by atoms with van der Waals surface area (Å²) in [5.41, 5.74) is 5.17. The number of benzene rings is 4. The van der Waals surface area contributed by atoms with Crippen molar-refractivity contribution in [3.05, 3.63) is 118 Å². The fourth-order valence-corrected chi connectivity index (χ4v) is 9.65. The molecule has 0 bridgehead atoms. The summed E-state index contributed by atoms with van der Waals surface area (Å²) in [6, 6.07) is 22.3. The molecule has 3 aliphatic heterocycles. The van der Waals surface area contributed by atoms with Crippen LogP contribution in [0.15, 0.2) is 90.2 Å². The van der Waals surface area contributed by atoms with Crippen molar-refractivity contribution >= 4 is 40.0 Å². The first-order chi connectivity index (χ1) is 31.9. The lowest BCUT2D eigenvalue weighted by Crippen LogP contribution is -2.49. The van der Waals surface area contributed by atoms with Crippen LogP contribution in [0.3, 0.4) is 0 Å². The van der Waals surface area contributed by atoms with Crippen molar-refractivity contribution in [1.82, 2.24) is 34.5 Å². The Morgan fingerprint density at radius 3 is 2.38 bits per heavy atom. The molecule has 4 aromatic carbocycles. The van der Waals surface area contributed by atoms with Gasteiger partial charge in [-0.1, -0.05) is 56.8 Å². The summed E-state index contributed by atoms with van der Waals surface area (Å²) in [6.07, 6.45) is 4.94. The third-order valence-corrected chi connectivity index (χ3v) is 13.3. The minimum Gasteiger partial charge on any atom is -0.508 e. The molecule has 16 nitrogen and oxygen atoms in total. The molecule has 0 spiro atoms. The van der Waals surface area contributed by atoms with Crippen LogP contribution >= 0.6 is 0 Å². The van der Waals surface area contributed by atoms with Crippen molar-refractivity contribution in [3.63, 3.8) is 0 Å². The molecule has 0 aliphatic carbocycles. The first-order valence-corrected chi connectivity index (χ1v) is 22.8. The van der Waals surface area contributed by atoms with Gasteiger partial charge in [0.15, 0.2) is 5.82 Å². The lowest BCUT2D eigenvalue weighted by molar-refractivity contribution is -0.132. The lowest BCUT2D eigenvalue weighted by Gasteiger charge is -2.38. The normalized spacial score (nSPS) is 15.6. The molecule has 342 valence electrons. The molecule has 2 fully saturated rings. The van der Waals surface area contributed by atoms with E-state index in [1.165, 1.54) is 16.7 Å². The summed E-state index contributed by atoms with van der Waals surface area (Å²) in [5.74, 6) is 1.97. The number of piperidine rings is 1. The van der Waals surface area contributed by atoms with Crippen LogP contribution in [0.2, 0.25) is 0 Å². The van der Waals surface area contributed by atoms with E-state index >= 15 is 0 Å². The first kappa shape index (κ1) is 43.9. The molecule has 3 aliphatic rings. The van der Waals surface area contributed by atoms with Gasteiger partial charge in [-0.3, -0.25) is 9.59 Å². The minimum atomic E-state index is -0.441. The number of aromatic nitrogens is 5. The zero-order valence-corrected chi connectivity index (χ0v) is 37.4. The van der Waals surface area contributed by atoms with E-state index in [9.17, 15) is 29.7 Å². The largest absolute Gasteiger partial charge is 0.508 e. The number of anilines is 3. The molecule has 5 heterocycles. The van der Waals surface area contributed by atoms with Gasteiger partial charge in [-0.15, -0.1) is 0 Å². The number of hydrogen-bond donors (Lipinski definition) is 5. The Bertz CT molecular complexity index is 2840. The standard InChI is InChI=1S/C50H56N10O6/c1-4-45(64)57-21-23-58(24-22-57)47-38-16-20-59(42-27-36(61)26-34-7-5-6-8-37(34)42)30-41(38)52-49(53-47)51-17-13-46(65)56-18-14-33(15-19-56)25-32-9-11-35(12-10-32)60-48(54-55-50(60)66)40-28-39(31(2)3)43(62)29-44(40)63/h4-12,26-29,31,33,61-63H,1,13-25,30H2,2-3H3,(H,55,66)(H,51,52,53). The third kappa shape index (κ3) is 8.99. The van der Waals surface area contributed by atoms with Crippen molar-refractivity contribution in [3.8, 4) is 34.3 Å². The number of likely N-dealkylation sites (tertiary alicyclic amines) is 1. The average Bonchev–Trinajstić information content (AvgIpc) is 3.71. The van der Waals surface area contributed by atoms with Crippen LogP contribution in [0, 0.1) is 5.92 Å². The van der Waals surface area contributed by atoms with Crippen LogP contribution in [0.1, 0.15) is 61.4 Å². The van der Waals surface area contributed by atoms with Crippen molar-refractivity contribution in [2.45, 2.75) is 58.4 Å². The SMILES string of the molecule is C=CC(=O)N1CCN(c2nc(NCCC(=O)N3CCC(Cc4ccc(-n5c(-c6cc(C(C)C)c(O)cc6O)n[nH]c5=O)cc4)CC3)nc3c2CCN(c2cc(O)cc4ccccc24)C3)CC1. The second-order valence-corrected chi connectivity index (χ2v) is 17.8. The fourth-order valence-electron chi connectivity index (χ4n) is 9.65. The van der Waals surface area contributed by atoms with Gasteiger partial charge in [-0.05, 0) is 84.4 Å². The van der Waals surface area contributed by atoms with Gasteiger partial charge < -0.3 is 40.2 Å². The van der Waals surface area contributed by atoms with E-state index in [1.807, 2.05) is 67.3 Å². The summed E-state index contributed by atoms with van der Waals surface area (Å²) in [6.45, 7) is 12.9. The Morgan fingerprint density at radius 2 is 1.64 bits per heavy atom. The van der Waals surface area contributed by atoms with E-state index < -0.39 is 5.69 Å². The average molecular weight is 893 g/mol. The van der Waals surface area contributed by atoms with Gasteiger partial charge in [0.25, 0.3) is 0 Å². The highest BCUT2D eigenvalue weighted by Gasteiger charge is 2.30. The Kier molecular flexibility index (Phi) is 12.4. The maximum atomic E-state index is 13.5. The minimum absolute atomic E-state index is 0.00899. The van der Waals surface area contributed by atoms with Gasteiger partial charge in [-0.25, -0.2) is 19.4 Å². The fraction of sp³-hybridized carbons (Fsp3) is 0.360. The monoisotopic (exact) mass is 892 g/mol. The molecule has 2 aromatic heterocycles. The second kappa shape index (κ2) is 18.6. The Hall–Kier alpha value is -7.36. The van der Waals surface area contributed by atoms with E-state index in [2.05, 4.69) is 38.0 Å². The number of fused-ring (bicyclic) bond motifs is 2. The molecular formula is C50H56N10O6. The molecular weight excluding hydrogens is 837 g/mol. The molecule has 0 atom stereocenters. The van der Waals surface area contributed by atoms with E-state index in [4.69, 9.17) is 9.97 Å². The molecule has 0 saturated carbocycles. The molecule has 6 aromatic rings. The lowest BCUT2D eigenvalue weighted by atomic mass is 9.90. The molecule has 16 heteroatoms. The number of aromatic hydroxyl groups is 3. The summed E-state index contributed by atoms with van der Waals surface area (Å²) >= 11 is 0. The number of H-pyrrole nitrogens is 1. The Morgan fingerprint density at radius 1 is 0.879 bits per heavy atom. The van der Waals surface area contributed by atoms with Crippen LogP contribution in [0.25, 0.3) is 27.8 Å². The van der Waals surface area contributed by atoms with Crippen molar-refractivity contribution in [2.24, 2.45) is 5.92 Å². The highest BCUT2D eigenvalue weighted by Crippen LogP contribution is 2.39. The van der Waals surface area contributed by atoms with E-state index in [1.54, 1.807) is 17.0 Å². The van der Waals surface area contributed by atoms with Crippen molar-refractivity contribution in [1.29, 1.82) is 0 Å². The van der Waals surface area contributed by atoms with E-state index in [0.717, 1.165) is 64.9 Å². The number of nitrogens with zero attached hydrogens (tertiary/aromatic N) is 8. The molecule has 5 N–H and O–H groups in total. The number of nitrogens with one attached hydrogen (secondary N) is 2. The van der Waals surface area contributed by atoms with Gasteiger partial charge in [0, 0.05) is 87.5 Å². The first-order valence-electron chi connectivity index (χ1n) is 22.8. The summed E-state index contributed by atoms with van der Waals surface area (Å²) in [4.78, 5) is 57.1. The Labute approximate surface area is 382 Å². The summed E-state index contributed by atoms with van der Waals surface area (Å²) in [5, 5.41) is 43.8. The molecule has 66 heavy (non-hydrogen) atoms. The Balaban J connectivity index is 0.825. The number of carbonyl (C=O) groups is 2. The van der Waals surface area contributed by atoms with Crippen LogP contribution < -0.4 is 20.8 Å². The van der Waals surface area contributed by atoms with Crippen LogP contribution in [0.4, 0.5) is 17.5 Å². The molecule has 2 saturated heterocycles. The smallest absolute Gasteiger partial charge is 0.348 e. The van der Waals surface area contributed by atoms with E-state index in [-0.39, 0.29) is 40.8 Å². The number of piperazine rings is 1. The molecule has 0 radical (unpaired) electrons. The zero-order chi connectivity index (χ0) is 46.1. The molecule has 0 unspecified atom stereocenters. The van der Waals surface area contributed by atoms with Gasteiger partial charge in [-0.2, -0.15) is 10.1 Å². The predicted octanol–water partition coefficient (Wildman–Crippen LogP) is 6.09. The predicted molar refractivity (Wildman–Crippen MR) is 255 cm³/mol. The summed E-state index contributed by atoms with van der Waals surface area (Å²) in [7, 11) is 0. The van der Waals surface area contributed by atoms with Crippen molar-refractivity contribution < 1.29 is 24.9 Å². The molecule has 2 amide bonds. The van der Waals surface area contributed by atoms with Crippen LogP contribution in [0.5, 0.6) is 17.2 Å². The highest BCUT2D eigenvalue weighted by molar-refractivity contribution is 5.96. The van der Waals surface area contributed by atoms with Crippen LogP contribution in [-0.2, 0) is 29.0 Å². The maximum Gasteiger partial charge on any atom is 0.348 e.